The Morgan fingerprint density at radius 3 is 2.28 bits per heavy atom. The summed E-state index contributed by atoms with van der Waals surface area (Å²) in [4.78, 5) is 28.6. The van der Waals surface area contributed by atoms with E-state index in [1.165, 1.54) is 11.4 Å². The minimum absolute atomic E-state index is 0.0904. The van der Waals surface area contributed by atoms with Crippen molar-refractivity contribution in [2.75, 3.05) is 31.3 Å². The Bertz CT molecular complexity index is 1210. The van der Waals surface area contributed by atoms with Gasteiger partial charge in [0.2, 0.25) is 21.8 Å². The lowest BCUT2D eigenvalue weighted by Crippen LogP contribution is -2.51. The molecule has 0 saturated heterocycles. The largest absolute Gasteiger partial charge is 0.497 e. The van der Waals surface area contributed by atoms with E-state index in [-0.39, 0.29) is 37.4 Å². The maximum atomic E-state index is 13.6. The van der Waals surface area contributed by atoms with E-state index in [4.69, 9.17) is 9.47 Å². The SMILES string of the molecule is CC[C@@H](C(=O)NC1CCCC1)N(Cc1cccc(OC)c1)C(=O)CCCN(c1cccc(OC)c1)S(C)(=O)=O. The number of hydrogen-bond donors (Lipinski definition) is 1. The van der Waals surface area contributed by atoms with Crippen molar-refractivity contribution in [2.45, 2.75) is 70.5 Å². The maximum Gasteiger partial charge on any atom is 0.243 e. The van der Waals surface area contributed by atoms with Crippen LogP contribution in [-0.2, 0) is 26.2 Å². The van der Waals surface area contributed by atoms with Crippen LogP contribution < -0.4 is 19.1 Å². The number of sulfonamides is 1. The highest BCUT2D eigenvalue weighted by atomic mass is 32.2. The molecule has 9 nitrogen and oxygen atoms in total. The Labute approximate surface area is 232 Å². The first-order chi connectivity index (χ1) is 18.7. The van der Waals surface area contributed by atoms with Gasteiger partial charge in [0, 0.05) is 31.6 Å². The minimum atomic E-state index is -3.59. The van der Waals surface area contributed by atoms with Crippen LogP contribution in [0.25, 0.3) is 0 Å². The Kier molecular flexibility index (Phi) is 11.0. The monoisotopic (exact) mass is 559 g/mol. The average molecular weight is 560 g/mol. The summed E-state index contributed by atoms with van der Waals surface area (Å²) >= 11 is 0. The number of anilines is 1. The Hall–Kier alpha value is -3.27. The number of carbonyl (C=O) groups is 2. The molecule has 1 fully saturated rings. The predicted molar refractivity (Wildman–Crippen MR) is 152 cm³/mol. The van der Waals surface area contributed by atoms with Gasteiger partial charge in [0.15, 0.2) is 0 Å². The van der Waals surface area contributed by atoms with Gasteiger partial charge in [-0.05, 0) is 55.5 Å². The van der Waals surface area contributed by atoms with Crippen molar-refractivity contribution < 1.29 is 27.5 Å². The highest BCUT2D eigenvalue weighted by Gasteiger charge is 2.31. The van der Waals surface area contributed by atoms with E-state index in [2.05, 4.69) is 5.32 Å². The van der Waals surface area contributed by atoms with Gasteiger partial charge in [-0.3, -0.25) is 13.9 Å². The molecule has 1 aliphatic carbocycles. The third-order valence-corrected chi connectivity index (χ3v) is 8.26. The molecule has 2 aromatic rings. The van der Waals surface area contributed by atoms with E-state index in [1.54, 1.807) is 36.3 Å². The standard InChI is InChI=1S/C29H41N3O6S/c1-5-27(29(34)30-23-12-6-7-13-23)31(21-22-11-8-15-25(19-22)37-2)28(33)17-10-18-32(39(4,35)36)24-14-9-16-26(20-24)38-3/h8-9,11,14-16,19-20,23,27H,5-7,10,12-13,17-18,21H2,1-4H3,(H,30,34)/t27-/m0/s1. The smallest absolute Gasteiger partial charge is 0.243 e. The summed E-state index contributed by atoms with van der Waals surface area (Å²) in [5.74, 6) is 0.867. The van der Waals surface area contributed by atoms with E-state index in [9.17, 15) is 18.0 Å². The lowest BCUT2D eigenvalue weighted by molar-refractivity contribution is -0.141. The highest BCUT2D eigenvalue weighted by molar-refractivity contribution is 7.92. The molecule has 1 N–H and O–H groups in total. The zero-order valence-corrected chi connectivity index (χ0v) is 24.2. The van der Waals surface area contributed by atoms with Gasteiger partial charge in [0.05, 0.1) is 26.2 Å². The van der Waals surface area contributed by atoms with Crippen LogP contribution >= 0.6 is 0 Å². The van der Waals surface area contributed by atoms with E-state index < -0.39 is 16.1 Å². The summed E-state index contributed by atoms with van der Waals surface area (Å²) < 4.78 is 37.0. The Balaban J connectivity index is 1.77. The van der Waals surface area contributed by atoms with Crippen LogP contribution in [0, 0.1) is 0 Å². The van der Waals surface area contributed by atoms with Crippen molar-refractivity contribution in [1.29, 1.82) is 0 Å². The second-order valence-corrected chi connectivity index (χ2v) is 11.8. The fraction of sp³-hybridized carbons (Fsp3) is 0.517. The van der Waals surface area contributed by atoms with Gasteiger partial charge in [-0.25, -0.2) is 8.42 Å². The molecule has 0 unspecified atom stereocenters. The Morgan fingerprint density at radius 2 is 1.67 bits per heavy atom. The van der Waals surface area contributed by atoms with Crippen molar-refractivity contribution in [3.8, 4) is 11.5 Å². The zero-order chi connectivity index (χ0) is 28.4. The van der Waals surface area contributed by atoms with Crippen LogP contribution in [0.2, 0.25) is 0 Å². The van der Waals surface area contributed by atoms with Crippen molar-refractivity contribution in [1.82, 2.24) is 10.2 Å². The first-order valence-corrected chi connectivity index (χ1v) is 15.4. The van der Waals surface area contributed by atoms with E-state index in [0.29, 0.717) is 30.0 Å². The summed E-state index contributed by atoms with van der Waals surface area (Å²) in [6, 6.07) is 13.8. The normalized spacial score (nSPS) is 14.5. The van der Waals surface area contributed by atoms with Gasteiger partial charge in [-0.1, -0.05) is 38.0 Å². The molecule has 1 saturated carbocycles. The maximum absolute atomic E-state index is 13.6. The summed E-state index contributed by atoms with van der Waals surface area (Å²) in [5, 5.41) is 3.14. The second-order valence-electron chi connectivity index (χ2n) is 9.93. The third kappa shape index (κ3) is 8.61. The van der Waals surface area contributed by atoms with Gasteiger partial charge < -0.3 is 19.7 Å². The van der Waals surface area contributed by atoms with E-state index >= 15 is 0 Å². The summed E-state index contributed by atoms with van der Waals surface area (Å²) in [6.07, 6.45) is 6.09. The van der Waals surface area contributed by atoms with Crippen molar-refractivity contribution in [2.24, 2.45) is 0 Å². The van der Waals surface area contributed by atoms with Crippen molar-refractivity contribution in [3.63, 3.8) is 0 Å². The molecule has 1 aliphatic rings. The lowest BCUT2D eigenvalue weighted by atomic mass is 10.1. The number of ether oxygens (including phenoxy) is 2. The van der Waals surface area contributed by atoms with Crippen molar-refractivity contribution in [3.05, 3.63) is 54.1 Å². The number of benzene rings is 2. The fourth-order valence-corrected chi connectivity index (χ4v) is 5.98. The molecule has 1 atom stereocenters. The lowest BCUT2D eigenvalue weighted by Gasteiger charge is -2.32. The number of rotatable bonds is 14. The molecule has 0 heterocycles. The molecule has 39 heavy (non-hydrogen) atoms. The van der Waals surface area contributed by atoms with E-state index in [0.717, 1.165) is 37.5 Å². The molecule has 2 aromatic carbocycles. The van der Waals surface area contributed by atoms with Gasteiger partial charge >= 0.3 is 0 Å². The fourth-order valence-electron chi connectivity index (χ4n) is 5.02. The molecule has 0 spiro atoms. The summed E-state index contributed by atoms with van der Waals surface area (Å²) in [7, 11) is -0.485. The van der Waals surface area contributed by atoms with Gasteiger partial charge in [-0.2, -0.15) is 0 Å². The van der Waals surface area contributed by atoms with Gasteiger partial charge in [-0.15, -0.1) is 0 Å². The number of nitrogens with one attached hydrogen (secondary N) is 1. The molecular formula is C29H41N3O6S. The first-order valence-electron chi connectivity index (χ1n) is 13.5. The molecule has 0 radical (unpaired) electrons. The number of hydrogen-bond acceptors (Lipinski definition) is 6. The summed E-state index contributed by atoms with van der Waals surface area (Å²) in [6.45, 7) is 2.27. The number of nitrogens with zero attached hydrogens (tertiary/aromatic N) is 2. The summed E-state index contributed by atoms with van der Waals surface area (Å²) in [5.41, 5.74) is 1.32. The predicted octanol–water partition coefficient (Wildman–Crippen LogP) is 4.12. The Morgan fingerprint density at radius 1 is 1.03 bits per heavy atom. The molecule has 0 aliphatic heterocycles. The topological polar surface area (TPSA) is 105 Å². The molecule has 0 aromatic heterocycles. The molecule has 3 rings (SSSR count). The molecule has 0 bridgehead atoms. The van der Waals surface area contributed by atoms with E-state index in [1.807, 2.05) is 31.2 Å². The van der Waals surface area contributed by atoms with Crippen molar-refractivity contribution >= 4 is 27.5 Å². The number of carbonyl (C=O) groups excluding carboxylic acids is 2. The molecule has 214 valence electrons. The molecular weight excluding hydrogens is 518 g/mol. The number of methoxy groups -OCH3 is 2. The quantitative estimate of drug-likeness (QED) is 0.373. The van der Waals surface area contributed by atoms with Crippen LogP contribution in [0.1, 0.15) is 57.4 Å². The minimum Gasteiger partial charge on any atom is -0.497 e. The number of amides is 2. The van der Waals surface area contributed by atoms with Crippen LogP contribution in [0.4, 0.5) is 5.69 Å². The average Bonchev–Trinajstić information content (AvgIpc) is 3.43. The molecule has 10 heteroatoms. The van der Waals surface area contributed by atoms with Gasteiger partial charge in [0.25, 0.3) is 0 Å². The van der Waals surface area contributed by atoms with Crippen LogP contribution in [0.15, 0.2) is 48.5 Å². The molecule has 2 amide bonds. The third-order valence-electron chi connectivity index (χ3n) is 7.07. The van der Waals surface area contributed by atoms with Crippen LogP contribution in [0.5, 0.6) is 11.5 Å². The zero-order valence-electron chi connectivity index (χ0n) is 23.4. The van der Waals surface area contributed by atoms with Gasteiger partial charge in [0.1, 0.15) is 17.5 Å². The van der Waals surface area contributed by atoms with Crippen LogP contribution in [0.3, 0.4) is 0 Å². The second kappa shape index (κ2) is 14.2. The first kappa shape index (κ1) is 30.3. The highest BCUT2D eigenvalue weighted by Crippen LogP contribution is 2.25. The van der Waals surface area contributed by atoms with Crippen LogP contribution in [-0.4, -0.2) is 64.2 Å².